The Labute approximate surface area is 128 Å². The minimum atomic E-state index is -0.750. The van der Waals surface area contributed by atoms with E-state index in [1.165, 1.54) is 38.6 Å². The molecule has 5 rings (SSSR count). The van der Waals surface area contributed by atoms with Gasteiger partial charge in [0.05, 0.1) is 16.7 Å². The number of aromatic nitrogens is 1. The summed E-state index contributed by atoms with van der Waals surface area (Å²) in [6, 6.07) is 24.0. The molecule has 0 amide bonds. The summed E-state index contributed by atoms with van der Waals surface area (Å²) < 4.78 is 2.38. The average Bonchev–Trinajstić information content (AvgIpc) is 3.09. The standard InChI is InChI=1S/C18H11N.BH3O2/c1-3-7-16-13(5-1)14-6-2-4-8-17(14)19(16)18-10-9-12-11-15(12)18;2-1-3/h1-11H;1-3H. The second kappa shape index (κ2) is 5.02. The second-order valence-corrected chi connectivity index (χ2v) is 5.24. The van der Waals surface area contributed by atoms with Crippen LogP contribution in [0.25, 0.3) is 38.6 Å². The Kier molecular flexibility index (Phi) is 3.00. The summed E-state index contributed by atoms with van der Waals surface area (Å²) in [6.45, 7) is 0. The van der Waals surface area contributed by atoms with Gasteiger partial charge in [0.2, 0.25) is 0 Å². The van der Waals surface area contributed by atoms with Gasteiger partial charge >= 0.3 is 7.69 Å². The van der Waals surface area contributed by atoms with Crippen molar-refractivity contribution in [2.75, 3.05) is 0 Å². The number of hydrogen-bond acceptors (Lipinski definition) is 2. The molecule has 22 heavy (non-hydrogen) atoms. The molecule has 2 aliphatic rings. The maximum absolute atomic E-state index is 7.12. The first-order chi connectivity index (χ1) is 10.8. The van der Waals surface area contributed by atoms with E-state index in [4.69, 9.17) is 10.0 Å². The van der Waals surface area contributed by atoms with Gasteiger partial charge in [-0.25, -0.2) is 0 Å². The number of fused-ring (bicyclic) bond motifs is 4. The summed E-state index contributed by atoms with van der Waals surface area (Å²) >= 11 is 0. The highest BCUT2D eigenvalue weighted by Crippen LogP contribution is 2.43. The van der Waals surface area contributed by atoms with Crippen LogP contribution in [0.3, 0.4) is 0 Å². The van der Waals surface area contributed by atoms with Crippen molar-refractivity contribution >= 4 is 29.5 Å². The summed E-state index contributed by atoms with van der Waals surface area (Å²) in [7, 11) is -0.750. The first-order valence-corrected chi connectivity index (χ1v) is 7.20. The zero-order valence-electron chi connectivity index (χ0n) is 11.9. The van der Waals surface area contributed by atoms with E-state index >= 15 is 0 Å². The lowest BCUT2D eigenvalue weighted by atomic mass is 10.2. The lowest BCUT2D eigenvalue weighted by Crippen LogP contribution is -1.90. The number of rotatable bonds is 1. The van der Waals surface area contributed by atoms with Crippen molar-refractivity contribution in [3.8, 4) is 16.8 Å². The van der Waals surface area contributed by atoms with E-state index in [9.17, 15) is 0 Å². The van der Waals surface area contributed by atoms with E-state index < -0.39 is 7.69 Å². The van der Waals surface area contributed by atoms with Crippen LogP contribution in [0.5, 0.6) is 0 Å². The highest BCUT2D eigenvalue weighted by atomic mass is 16.4. The number of benzene rings is 3. The Balaban J connectivity index is 0.000000389. The lowest BCUT2D eigenvalue weighted by molar-refractivity contribution is 0.448. The van der Waals surface area contributed by atoms with Gasteiger partial charge in [-0.3, -0.25) is 0 Å². The number of nitrogens with zero attached hydrogens (tertiary/aromatic N) is 1. The first kappa shape index (κ1) is 13.1. The molecule has 0 aliphatic heterocycles. The Morgan fingerprint density at radius 3 is 1.73 bits per heavy atom. The molecule has 0 atom stereocenters. The normalized spacial score (nSPS) is 11.2. The number of hydrogen-bond donors (Lipinski definition) is 2. The zero-order valence-corrected chi connectivity index (χ0v) is 11.9. The molecule has 106 valence electrons. The van der Waals surface area contributed by atoms with E-state index in [0.29, 0.717) is 0 Å². The Bertz CT molecular complexity index is 938. The molecule has 2 aromatic carbocycles. The monoisotopic (exact) mass is 287 g/mol. The van der Waals surface area contributed by atoms with Crippen LogP contribution in [0.4, 0.5) is 0 Å². The van der Waals surface area contributed by atoms with Gasteiger partial charge in [0.1, 0.15) is 0 Å². The molecule has 3 nitrogen and oxygen atoms in total. The minimum Gasteiger partial charge on any atom is -0.430 e. The molecule has 3 aromatic rings. The molecule has 0 unspecified atom stereocenters. The van der Waals surface area contributed by atoms with Crippen LogP contribution in [-0.4, -0.2) is 22.3 Å². The fourth-order valence-corrected chi connectivity index (χ4v) is 3.11. The third-order valence-electron chi connectivity index (χ3n) is 4.05. The molecule has 1 heterocycles. The molecular formula is C18H14BNO2. The van der Waals surface area contributed by atoms with E-state index in [-0.39, 0.29) is 0 Å². The molecule has 0 spiro atoms. The van der Waals surface area contributed by atoms with Crippen LogP contribution in [0, 0.1) is 0 Å². The molecule has 1 aromatic heterocycles. The SMILES string of the molecule is OBO.c1ccc2c(c1)c1ccccc1n2-c1ccc2cc1-2. The van der Waals surface area contributed by atoms with Crippen molar-refractivity contribution in [2.45, 2.75) is 0 Å². The van der Waals surface area contributed by atoms with Crippen molar-refractivity contribution < 1.29 is 10.0 Å². The van der Waals surface area contributed by atoms with Crippen LogP contribution in [0.2, 0.25) is 0 Å². The van der Waals surface area contributed by atoms with Crippen LogP contribution in [-0.2, 0) is 0 Å². The third-order valence-corrected chi connectivity index (χ3v) is 4.05. The summed E-state index contributed by atoms with van der Waals surface area (Å²) in [4.78, 5) is 0. The van der Waals surface area contributed by atoms with Crippen molar-refractivity contribution in [2.24, 2.45) is 0 Å². The van der Waals surface area contributed by atoms with E-state index in [0.717, 1.165) is 0 Å². The van der Waals surface area contributed by atoms with Crippen molar-refractivity contribution in [3.63, 3.8) is 0 Å². The van der Waals surface area contributed by atoms with Crippen LogP contribution >= 0.6 is 0 Å². The summed E-state index contributed by atoms with van der Waals surface area (Å²) in [6.07, 6.45) is 0. The van der Waals surface area contributed by atoms with Gasteiger partial charge in [-0.15, -0.1) is 0 Å². The van der Waals surface area contributed by atoms with E-state index in [1.807, 2.05) is 0 Å². The summed E-state index contributed by atoms with van der Waals surface area (Å²) in [5.41, 5.74) is 6.67. The molecule has 0 fully saturated rings. The predicted molar refractivity (Wildman–Crippen MR) is 91.4 cm³/mol. The highest BCUT2D eigenvalue weighted by molar-refractivity contribution is 6.13. The highest BCUT2D eigenvalue weighted by Gasteiger charge is 2.21. The van der Waals surface area contributed by atoms with Crippen LogP contribution in [0.15, 0.2) is 66.7 Å². The Morgan fingerprint density at radius 2 is 1.27 bits per heavy atom. The molecular weight excluding hydrogens is 273 g/mol. The van der Waals surface area contributed by atoms with Crippen molar-refractivity contribution in [1.29, 1.82) is 0 Å². The predicted octanol–water partition coefficient (Wildman–Crippen LogP) is 3.00. The van der Waals surface area contributed by atoms with E-state index in [1.54, 1.807) is 0 Å². The fraction of sp³-hybridized carbons (Fsp3) is 0. The summed E-state index contributed by atoms with van der Waals surface area (Å²) in [5, 5.41) is 16.9. The molecule has 2 aliphatic carbocycles. The first-order valence-electron chi connectivity index (χ1n) is 7.20. The molecule has 0 saturated heterocycles. The zero-order chi connectivity index (χ0) is 15.1. The Hall–Kier alpha value is -2.56. The van der Waals surface area contributed by atoms with Gasteiger partial charge in [0, 0.05) is 16.3 Å². The lowest BCUT2D eigenvalue weighted by Gasteiger charge is -2.05. The Morgan fingerprint density at radius 1 is 0.727 bits per heavy atom. The molecule has 0 bridgehead atoms. The molecule has 0 radical (unpaired) electrons. The van der Waals surface area contributed by atoms with Gasteiger partial charge in [-0.2, -0.15) is 0 Å². The third kappa shape index (κ3) is 1.85. The second-order valence-electron chi connectivity index (χ2n) is 5.24. The largest absolute Gasteiger partial charge is 0.432 e. The number of para-hydroxylation sites is 2. The fourth-order valence-electron chi connectivity index (χ4n) is 3.11. The van der Waals surface area contributed by atoms with Gasteiger partial charge in [0.15, 0.2) is 0 Å². The average molecular weight is 287 g/mol. The molecule has 2 N–H and O–H groups in total. The van der Waals surface area contributed by atoms with Gasteiger partial charge in [-0.1, -0.05) is 42.5 Å². The van der Waals surface area contributed by atoms with Gasteiger partial charge < -0.3 is 14.6 Å². The molecule has 4 heteroatoms. The van der Waals surface area contributed by atoms with Crippen molar-refractivity contribution in [3.05, 3.63) is 66.7 Å². The van der Waals surface area contributed by atoms with Crippen LogP contribution < -0.4 is 0 Å². The minimum absolute atomic E-state index is 0.750. The maximum atomic E-state index is 7.12. The molecule has 0 saturated carbocycles. The van der Waals surface area contributed by atoms with Crippen LogP contribution in [0.1, 0.15) is 0 Å². The smallest absolute Gasteiger partial charge is 0.430 e. The van der Waals surface area contributed by atoms with Crippen molar-refractivity contribution in [1.82, 2.24) is 4.57 Å². The van der Waals surface area contributed by atoms with Gasteiger partial charge in [-0.05, 0) is 29.8 Å². The van der Waals surface area contributed by atoms with Gasteiger partial charge in [0.25, 0.3) is 0 Å². The topological polar surface area (TPSA) is 45.4 Å². The maximum Gasteiger partial charge on any atom is 0.432 e. The summed E-state index contributed by atoms with van der Waals surface area (Å²) in [5.74, 6) is 0. The van der Waals surface area contributed by atoms with E-state index in [2.05, 4.69) is 71.3 Å². The quantitative estimate of drug-likeness (QED) is 0.465.